The molecule has 0 amide bonds. The molecule has 1 aliphatic rings. The van der Waals surface area contributed by atoms with E-state index in [1.54, 1.807) is 0 Å². The van der Waals surface area contributed by atoms with Crippen LogP contribution in [0.3, 0.4) is 0 Å². The maximum atomic E-state index is 2.94. The number of hydrogen-bond donors (Lipinski definition) is 0. The molecule has 0 aromatic carbocycles. The lowest BCUT2D eigenvalue weighted by atomic mass is 9.85. The Morgan fingerprint density at radius 1 is 1.18 bits per heavy atom. The van der Waals surface area contributed by atoms with Crippen molar-refractivity contribution >= 4 is 0 Å². The highest BCUT2D eigenvalue weighted by Crippen LogP contribution is 2.26. The van der Waals surface area contributed by atoms with Gasteiger partial charge < -0.3 is 0 Å². The number of rotatable bonds is 0. The zero-order chi connectivity index (χ0) is 7.61. The Kier molecular flexibility index (Phi) is 3.14. The molecule has 0 aliphatic heterocycles. The second kappa shape index (κ2) is 3.44. The Morgan fingerprint density at radius 3 is 2.09 bits per heavy atom. The maximum absolute atomic E-state index is 2.94. The molecule has 1 rings (SSSR count). The van der Waals surface area contributed by atoms with Crippen LogP contribution in [0.5, 0.6) is 0 Å². The molecule has 0 N–H and O–H groups in total. The minimum absolute atomic E-state index is 0. The first-order valence-electron chi connectivity index (χ1n) is 3.49. The molecule has 60 valence electrons. The lowest BCUT2D eigenvalue weighted by Gasteiger charge is -2.19. The summed E-state index contributed by atoms with van der Waals surface area (Å²) < 4.78 is 0. The molecule has 0 nitrogen and oxygen atoms in total. The molecule has 0 heterocycles. The van der Waals surface area contributed by atoms with Crippen molar-refractivity contribution in [3.8, 4) is 0 Å². The highest BCUT2D eigenvalue weighted by atomic mass is 14.2. The molecule has 0 spiro atoms. The molecule has 0 unspecified atom stereocenters. The molecule has 0 aromatic heterocycles. The van der Waals surface area contributed by atoms with E-state index in [9.17, 15) is 0 Å². The van der Waals surface area contributed by atoms with Gasteiger partial charge in [-0.1, -0.05) is 39.7 Å². The minimum Gasteiger partial charge on any atom is -0.0776 e. The second-order valence-corrected chi connectivity index (χ2v) is 3.47. The quantitative estimate of drug-likeness (QED) is 0.461. The van der Waals surface area contributed by atoms with E-state index in [1.165, 1.54) is 5.57 Å². The van der Waals surface area contributed by atoms with Crippen LogP contribution in [0.25, 0.3) is 0 Å². The minimum atomic E-state index is 0. The fourth-order valence-corrected chi connectivity index (χ4v) is 0.814. The van der Waals surface area contributed by atoms with Gasteiger partial charge >= 0.3 is 0 Å². The van der Waals surface area contributed by atoms with Crippen molar-refractivity contribution in [3.05, 3.63) is 35.3 Å². The maximum Gasteiger partial charge on any atom is -0.00777 e. The topological polar surface area (TPSA) is 0 Å². The summed E-state index contributed by atoms with van der Waals surface area (Å²) in [5, 5.41) is 0. The molecular weight excluding hydrogens is 132 g/mol. The Hall–Kier alpha value is -0.960. The Morgan fingerprint density at radius 2 is 1.82 bits per heavy atom. The highest BCUT2D eigenvalue weighted by Gasteiger charge is 2.13. The van der Waals surface area contributed by atoms with Crippen LogP contribution in [-0.4, -0.2) is 0 Å². The molecule has 0 aromatic rings. The monoisotopic (exact) mass is 148 g/mol. The van der Waals surface area contributed by atoms with Crippen LogP contribution in [-0.2, 0) is 0 Å². The molecular formula is C11H16. The van der Waals surface area contributed by atoms with Crippen molar-refractivity contribution in [2.75, 3.05) is 0 Å². The van der Waals surface area contributed by atoms with Gasteiger partial charge in [0, 0.05) is 0 Å². The summed E-state index contributed by atoms with van der Waals surface area (Å²) in [7, 11) is 0. The average Bonchev–Trinajstić information content (AvgIpc) is 1.88. The van der Waals surface area contributed by atoms with E-state index in [0.29, 0.717) is 0 Å². The molecule has 11 heavy (non-hydrogen) atoms. The molecule has 0 saturated heterocycles. The predicted octanol–water partition coefficient (Wildman–Crippen LogP) is 3.48. The first-order chi connectivity index (χ1) is 4.61. The third-order valence-electron chi connectivity index (χ3n) is 1.52. The zero-order valence-corrected chi connectivity index (χ0v) is 6.73. The van der Waals surface area contributed by atoms with Crippen LogP contribution in [0, 0.1) is 5.41 Å². The summed E-state index contributed by atoms with van der Waals surface area (Å²) in [6, 6.07) is 0. The average molecular weight is 148 g/mol. The molecule has 0 fully saturated rings. The van der Waals surface area contributed by atoms with Gasteiger partial charge in [-0.2, -0.15) is 0 Å². The summed E-state index contributed by atoms with van der Waals surface area (Å²) in [5.41, 5.74) is 7.38. The van der Waals surface area contributed by atoms with E-state index in [1.807, 2.05) is 12.2 Å². The van der Waals surface area contributed by atoms with E-state index in [2.05, 4.69) is 38.3 Å². The number of hydrogen-bond acceptors (Lipinski definition) is 0. The van der Waals surface area contributed by atoms with Gasteiger partial charge in [-0.25, -0.2) is 0 Å². The third kappa shape index (κ3) is 2.63. The van der Waals surface area contributed by atoms with Crippen LogP contribution < -0.4 is 0 Å². The van der Waals surface area contributed by atoms with Crippen molar-refractivity contribution in [2.24, 2.45) is 5.41 Å². The zero-order valence-electron chi connectivity index (χ0n) is 6.73. The van der Waals surface area contributed by atoms with Gasteiger partial charge in [0.05, 0.1) is 0 Å². The first-order valence-corrected chi connectivity index (χ1v) is 3.49. The van der Waals surface area contributed by atoms with Crippen molar-refractivity contribution in [1.29, 1.82) is 0 Å². The third-order valence-corrected chi connectivity index (χ3v) is 1.52. The summed E-state index contributed by atoms with van der Waals surface area (Å²) in [6.07, 6.45) is 5.97. The van der Waals surface area contributed by atoms with Crippen molar-refractivity contribution in [3.63, 3.8) is 0 Å². The predicted molar refractivity (Wildman–Crippen MR) is 50.4 cm³/mol. The fraction of sp³-hybridized carbons (Fsp3) is 0.455. The molecule has 0 atom stereocenters. The van der Waals surface area contributed by atoms with E-state index in [4.69, 9.17) is 0 Å². The van der Waals surface area contributed by atoms with Gasteiger partial charge in [0.15, 0.2) is 0 Å². The van der Waals surface area contributed by atoms with E-state index < -0.39 is 0 Å². The first kappa shape index (κ1) is 10.0. The van der Waals surface area contributed by atoms with Crippen molar-refractivity contribution < 1.29 is 0 Å². The Bertz CT molecular complexity index is 246. The van der Waals surface area contributed by atoms with Gasteiger partial charge in [0.25, 0.3) is 0 Å². The van der Waals surface area contributed by atoms with Crippen LogP contribution in [0.1, 0.15) is 28.2 Å². The van der Waals surface area contributed by atoms with E-state index in [0.717, 1.165) is 0 Å². The smallest absolute Gasteiger partial charge is 0.00777 e. The van der Waals surface area contributed by atoms with Crippen molar-refractivity contribution in [2.45, 2.75) is 28.2 Å². The summed E-state index contributed by atoms with van der Waals surface area (Å²) in [6.45, 7) is 6.57. The highest BCUT2D eigenvalue weighted by molar-refractivity contribution is 5.31. The SMILES string of the molecule is C.CC(C)(C)C1=CC=C=C=C1. The van der Waals surface area contributed by atoms with Crippen molar-refractivity contribution in [1.82, 2.24) is 0 Å². The van der Waals surface area contributed by atoms with Gasteiger partial charge in [0.1, 0.15) is 0 Å². The molecule has 0 saturated carbocycles. The van der Waals surface area contributed by atoms with Gasteiger partial charge in [-0.3, -0.25) is 0 Å². The molecule has 0 heteroatoms. The molecule has 0 radical (unpaired) electrons. The van der Waals surface area contributed by atoms with Crippen LogP contribution in [0.4, 0.5) is 0 Å². The lowest BCUT2D eigenvalue weighted by molar-refractivity contribution is 0.517. The fourth-order valence-electron chi connectivity index (χ4n) is 0.814. The summed E-state index contributed by atoms with van der Waals surface area (Å²) >= 11 is 0. The Labute approximate surface area is 69.6 Å². The van der Waals surface area contributed by atoms with Crippen LogP contribution >= 0.6 is 0 Å². The van der Waals surface area contributed by atoms with Gasteiger partial charge in [-0.05, 0) is 29.2 Å². The second-order valence-electron chi connectivity index (χ2n) is 3.47. The van der Waals surface area contributed by atoms with E-state index >= 15 is 0 Å². The molecule has 1 aliphatic carbocycles. The van der Waals surface area contributed by atoms with Gasteiger partial charge in [0.2, 0.25) is 0 Å². The largest absolute Gasteiger partial charge is 0.0776 e. The summed E-state index contributed by atoms with van der Waals surface area (Å²) in [4.78, 5) is 0. The normalized spacial score (nSPS) is 14.3. The van der Waals surface area contributed by atoms with Gasteiger partial charge in [-0.15, -0.1) is 0 Å². The molecule has 0 bridgehead atoms. The van der Waals surface area contributed by atoms with Crippen LogP contribution in [0.15, 0.2) is 35.3 Å². The Balaban J connectivity index is 0.000001000. The number of allylic oxidation sites excluding steroid dienone is 4. The van der Waals surface area contributed by atoms with Crippen LogP contribution in [0.2, 0.25) is 0 Å². The standard InChI is InChI=1S/C10H12.CH4/c1-10(2,3)9-7-5-4-6-8-9;/h5,7-8H,1-3H3;1H4. The van der Waals surface area contributed by atoms with E-state index in [-0.39, 0.29) is 12.8 Å². The summed E-state index contributed by atoms with van der Waals surface area (Å²) in [5.74, 6) is 0. The lowest BCUT2D eigenvalue weighted by Crippen LogP contribution is -2.07.